The molecule has 2 aromatic carbocycles. The highest BCUT2D eigenvalue weighted by molar-refractivity contribution is 5.78. The number of carbonyl (C=O) groups is 1. The van der Waals surface area contributed by atoms with Gasteiger partial charge in [-0.1, -0.05) is 24.3 Å². The zero-order valence-electron chi connectivity index (χ0n) is 16.3. The van der Waals surface area contributed by atoms with Crippen LogP contribution < -0.4 is 15.0 Å². The normalized spacial score (nSPS) is 15.3. The highest BCUT2D eigenvalue weighted by Crippen LogP contribution is 2.31. The van der Waals surface area contributed by atoms with Crippen molar-refractivity contribution in [1.82, 2.24) is 14.9 Å². The molecule has 4 rings (SSSR count). The molecule has 0 fully saturated rings. The number of aromatic nitrogens is 2. The first kappa shape index (κ1) is 19.0. The maximum atomic E-state index is 12.7. The van der Waals surface area contributed by atoms with Crippen LogP contribution in [-0.4, -0.2) is 46.6 Å². The Morgan fingerprint density at radius 1 is 1.17 bits per heavy atom. The van der Waals surface area contributed by atoms with Gasteiger partial charge in [-0.2, -0.15) is 0 Å². The molecular weight excluding hydrogens is 370 g/mol. The summed E-state index contributed by atoms with van der Waals surface area (Å²) in [6.45, 7) is 3.36. The fourth-order valence-corrected chi connectivity index (χ4v) is 3.44. The molecule has 0 saturated carbocycles. The minimum Gasteiger partial charge on any atom is -0.486 e. The van der Waals surface area contributed by atoms with E-state index in [-0.39, 0.29) is 24.0 Å². The zero-order chi connectivity index (χ0) is 20.2. The van der Waals surface area contributed by atoms with Gasteiger partial charge in [0.2, 0.25) is 5.91 Å². The molecule has 7 heteroatoms. The summed E-state index contributed by atoms with van der Waals surface area (Å²) in [5.41, 5.74) is 0.453. The molecular formula is C22H23N3O4. The Morgan fingerprint density at radius 3 is 2.76 bits per heavy atom. The van der Waals surface area contributed by atoms with E-state index >= 15 is 0 Å². The van der Waals surface area contributed by atoms with Crippen molar-refractivity contribution in [2.24, 2.45) is 0 Å². The number of aryl methyl sites for hydroxylation is 1. The Morgan fingerprint density at radius 2 is 1.93 bits per heavy atom. The van der Waals surface area contributed by atoms with Crippen LogP contribution in [-0.2, 0) is 11.2 Å². The van der Waals surface area contributed by atoms with Crippen molar-refractivity contribution in [3.63, 3.8) is 0 Å². The first-order valence-corrected chi connectivity index (χ1v) is 9.78. The van der Waals surface area contributed by atoms with E-state index in [4.69, 9.17) is 9.47 Å². The molecule has 0 spiro atoms. The Bertz CT molecular complexity index is 1080. The number of hydrogen-bond acceptors (Lipinski definition) is 5. The Kier molecular flexibility index (Phi) is 5.46. The summed E-state index contributed by atoms with van der Waals surface area (Å²) in [5.74, 6) is 1.93. The van der Waals surface area contributed by atoms with E-state index in [2.05, 4.69) is 9.97 Å². The molecule has 1 aliphatic rings. The number of carbonyl (C=O) groups excluding carboxylic acids is 1. The largest absolute Gasteiger partial charge is 0.486 e. The summed E-state index contributed by atoms with van der Waals surface area (Å²) in [7, 11) is 0. The van der Waals surface area contributed by atoms with Crippen molar-refractivity contribution in [3.8, 4) is 11.5 Å². The quantitative estimate of drug-likeness (QED) is 0.696. The van der Waals surface area contributed by atoms with Crippen molar-refractivity contribution in [3.05, 3.63) is 64.7 Å². The molecule has 0 unspecified atom stereocenters. The van der Waals surface area contributed by atoms with Gasteiger partial charge in [0.05, 0.1) is 17.4 Å². The van der Waals surface area contributed by atoms with Gasteiger partial charge in [0.15, 0.2) is 17.6 Å². The lowest BCUT2D eigenvalue weighted by molar-refractivity contribution is -0.132. The van der Waals surface area contributed by atoms with E-state index in [0.717, 1.165) is 5.75 Å². The van der Waals surface area contributed by atoms with Gasteiger partial charge < -0.3 is 19.4 Å². The average Bonchev–Trinajstić information content (AvgIpc) is 2.75. The van der Waals surface area contributed by atoms with Gasteiger partial charge in [-0.05, 0) is 31.2 Å². The SMILES string of the molecule is CCN(C[C@@H]1COc2ccccc2O1)C(=O)CCc1nc2ccccc2c(=O)[nH]1. The van der Waals surface area contributed by atoms with Gasteiger partial charge in [-0.15, -0.1) is 0 Å². The van der Waals surface area contributed by atoms with Crippen molar-refractivity contribution in [2.75, 3.05) is 19.7 Å². The van der Waals surface area contributed by atoms with E-state index in [0.29, 0.717) is 48.6 Å². The number of benzene rings is 2. The fraction of sp³-hybridized carbons (Fsp3) is 0.318. The van der Waals surface area contributed by atoms with Crippen LogP contribution in [0.15, 0.2) is 53.3 Å². The molecule has 1 N–H and O–H groups in total. The monoisotopic (exact) mass is 393 g/mol. The van der Waals surface area contributed by atoms with Gasteiger partial charge in [0.1, 0.15) is 12.4 Å². The summed E-state index contributed by atoms with van der Waals surface area (Å²) in [6, 6.07) is 14.7. The summed E-state index contributed by atoms with van der Waals surface area (Å²) in [6.07, 6.45) is 0.423. The van der Waals surface area contributed by atoms with Crippen molar-refractivity contribution >= 4 is 16.8 Å². The van der Waals surface area contributed by atoms with Crippen LogP contribution in [0.5, 0.6) is 11.5 Å². The fourth-order valence-electron chi connectivity index (χ4n) is 3.44. The second kappa shape index (κ2) is 8.34. The molecule has 0 aliphatic carbocycles. The van der Waals surface area contributed by atoms with E-state index in [1.165, 1.54) is 0 Å². The van der Waals surface area contributed by atoms with Crippen LogP contribution in [0, 0.1) is 0 Å². The molecule has 1 aromatic heterocycles. The second-order valence-corrected chi connectivity index (χ2v) is 6.96. The lowest BCUT2D eigenvalue weighted by atomic mass is 10.2. The number of likely N-dealkylation sites (N-methyl/N-ethyl adjacent to an activating group) is 1. The van der Waals surface area contributed by atoms with Crippen LogP contribution in [0.3, 0.4) is 0 Å². The van der Waals surface area contributed by atoms with Crippen LogP contribution in [0.4, 0.5) is 0 Å². The molecule has 1 aliphatic heterocycles. The number of ether oxygens (including phenoxy) is 2. The number of amides is 1. The van der Waals surface area contributed by atoms with E-state index in [1.54, 1.807) is 23.1 Å². The number of aromatic amines is 1. The average molecular weight is 393 g/mol. The van der Waals surface area contributed by atoms with Crippen LogP contribution in [0.2, 0.25) is 0 Å². The molecule has 3 aromatic rings. The first-order valence-electron chi connectivity index (χ1n) is 9.78. The maximum Gasteiger partial charge on any atom is 0.258 e. The third kappa shape index (κ3) is 4.23. The minimum absolute atomic E-state index is 0.00855. The molecule has 1 atom stereocenters. The number of nitrogens with zero attached hydrogens (tertiary/aromatic N) is 2. The molecule has 1 amide bonds. The molecule has 0 bridgehead atoms. The van der Waals surface area contributed by atoms with E-state index in [9.17, 15) is 9.59 Å². The van der Waals surface area contributed by atoms with Gasteiger partial charge in [0.25, 0.3) is 5.56 Å². The van der Waals surface area contributed by atoms with Gasteiger partial charge in [-0.3, -0.25) is 9.59 Å². The first-order chi connectivity index (χ1) is 14.1. The molecule has 150 valence electrons. The smallest absolute Gasteiger partial charge is 0.258 e. The highest BCUT2D eigenvalue weighted by Gasteiger charge is 2.24. The molecule has 0 saturated heterocycles. The number of H-pyrrole nitrogens is 1. The van der Waals surface area contributed by atoms with Crippen molar-refractivity contribution in [1.29, 1.82) is 0 Å². The summed E-state index contributed by atoms with van der Waals surface area (Å²) < 4.78 is 11.7. The van der Waals surface area contributed by atoms with E-state index in [1.807, 2.05) is 37.3 Å². The Labute approximate surface area is 168 Å². The number of para-hydroxylation sites is 3. The number of rotatable bonds is 6. The summed E-state index contributed by atoms with van der Waals surface area (Å²) in [5, 5.41) is 0.549. The van der Waals surface area contributed by atoms with Crippen LogP contribution >= 0.6 is 0 Å². The van der Waals surface area contributed by atoms with Crippen LogP contribution in [0.1, 0.15) is 19.2 Å². The molecule has 2 heterocycles. The number of nitrogens with one attached hydrogen (secondary N) is 1. The predicted molar refractivity (Wildman–Crippen MR) is 109 cm³/mol. The third-order valence-corrected chi connectivity index (χ3v) is 4.96. The molecule has 29 heavy (non-hydrogen) atoms. The minimum atomic E-state index is -0.215. The van der Waals surface area contributed by atoms with Gasteiger partial charge in [0, 0.05) is 19.4 Å². The topological polar surface area (TPSA) is 84.5 Å². The predicted octanol–water partition coefficient (Wildman–Crippen LogP) is 2.54. The molecule has 0 radical (unpaired) electrons. The van der Waals surface area contributed by atoms with Crippen molar-refractivity contribution < 1.29 is 14.3 Å². The summed E-state index contributed by atoms with van der Waals surface area (Å²) in [4.78, 5) is 33.9. The number of fused-ring (bicyclic) bond motifs is 2. The van der Waals surface area contributed by atoms with Crippen LogP contribution in [0.25, 0.3) is 10.9 Å². The lowest BCUT2D eigenvalue weighted by Crippen LogP contribution is -2.43. The standard InChI is InChI=1S/C22H23N3O4/c1-2-25(13-15-14-28-18-9-5-6-10-19(18)29-15)21(26)12-11-20-23-17-8-4-3-7-16(17)22(27)24-20/h3-10,15H,2,11-14H2,1H3,(H,23,24,27)/t15-/m1/s1. The lowest BCUT2D eigenvalue weighted by Gasteiger charge is -2.31. The number of hydrogen-bond donors (Lipinski definition) is 1. The Balaban J connectivity index is 1.38. The molecule has 7 nitrogen and oxygen atoms in total. The van der Waals surface area contributed by atoms with Crippen molar-refractivity contribution in [2.45, 2.75) is 25.9 Å². The Hall–Kier alpha value is -3.35. The zero-order valence-corrected chi connectivity index (χ0v) is 16.3. The highest BCUT2D eigenvalue weighted by atomic mass is 16.6. The summed E-state index contributed by atoms with van der Waals surface area (Å²) >= 11 is 0. The van der Waals surface area contributed by atoms with E-state index < -0.39 is 0 Å². The second-order valence-electron chi connectivity index (χ2n) is 6.96. The van der Waals surface area contributed by atoms with Gasteiger partial charge in [-0.25, -0.2) is 4.98 Å². The maximum absolute atomic E-state index is 12.7. The van der Waals surface area contributed by atoms with Gasteiger partial charge >= 0.3 is 0 Å². The third-order valence-electron chi connectivity index (χ3n) is 4.96.